The van der Waals surface area contributed by atoms with Gasteiger partial charge in [0, 0.05) is 12.8 Å². The van der Waals surface area contributed by atoms with E-state index in [1.54, 1.807) is 0 Å². The first-order chi connectivity index (χ1) is 7.84. The van der Waals surface area contributed by atoms with Crippen LogP contribution in [0.5, 0.6) is 0 Å². The predicted molar refractivity (Wildman–Crippen MR) is 60.8 cm³/mol. The number of rotatable bonds is 2. The first-order valence-electron chi connectivity index (χ1n) is 5.72. The third-order valence-corrected chi connectivity index (χ3v) is 2.67. The van der Waals surface area contributed by atoms with Gasteiger partial charge in [-0.15, -0.1) is 0 Å². The van der Waals surface area contributed by atoms with Gasteiger partial charge in [0.05, 0.1) is 0 Å². The largest absolute Gasteiger partial charge is 0.513 e. The van der Waals surface area contributed by atoms with E-state index < -0.39 is 6.16 Å². The molecule has 0 radical (unpaired) electrons. The van der Waals surface area contributed by atoms with Crippen molar-refractivity contribution in [3.05, 3.63) is 36.1 Å². The van der Waals surface area contributed by atoms with Gasteiger partial charge in [-0.2, -0.15) is 0 Å². The summed E-state index contributed by atoms with van der Waals surface area (Å²) in [6.45, 7) is 0. The number of ether oxygens (including phenoxy) is 2. The Kier molecular flexibility index (Phi) is 3.81. The van der Waals surface area contributed by atoms with E-state index in [-0.39, 0.29) is 6.10 Å². The van der Waals surface area contributed by atoms with Gasteiger partial charge < -0.3 is 9.47 Å². The highest BCUT2D eigenvalue weighted by atomic mass is 16.7. The lowest BCUT2D eigenvalue weighted by Crippen LogP contribution is -2.19. The predicted octanol–water partition coefficient (Wildman–Crippen LogP) is 3.48. The summed E-state index contributed by atoms with van der Waals surface area (Å²) in [5.74, 6) is 0.693. The van der Waals surface area contributed by atoms with Crippen LogP contribution in [0, 0.1) is 0 Å². The van der Waals surface area contributed by atoms with Crippen molar-refractivity contribution in [3.8, 4) is 0 Å². The third-order valence-electron chi connectivity index (χ3n) is 2.67. The molecule has 0 saturated heterocycles. The maximum Gasteiger partial charge on any atom is 0.513 e. The highest BCUT2D eigenvalue weighted by molar-refractivity contribution is 5.61. The molecule has 0 aliphatic heterocycles. The molecule has 2 aliphatic carbocycles. The monoisotopic (exact) mass is 220 g/mol. The third kappa shape index (κ3) is 3.26. The number of carbonyl (C=O) groups excluding carboxylic acids is 1. The lowest BCUT2D eigenvalue weighted by atomic mass is 10.1. The molecule has 2 aliphatic rings. The van der Waals surface area contributed by atoms with Gasteiger partial charge >= 0.3 is 6.16 Å². The van der Waals surface area contributed by atoms with Crippen molar-refractivity contribution in [1.82, 2.24) is 0 Å². The second-order valence-corrected chi connectivity index (χ2v) is 3.96. The van der Waals surface area contributed by atoms with Crippen LogP contribution in [0.1, 0.15) is 32.1 Å². The Morgan fingerprint density at radius 1 is 1.25 bits per heavy atom. The highest BCUT2D eigenvalue weighted by Gasteiger charge is 2.17. The molecular weight excluding hydrogens is 204 g/mol. The van der Waals surface area contributed by atoms with E-state index in [9.17, 15) is 4.79 Å². The molecule has 0 aromatic heterocycles. The second-order valence-electron chi connectivity index (χ2n) is 3.96. The maximum atomic E-state index is 11.4. The molecule has 0 bridgehead atoms. The summed E-state index contributed by atoms with van der Waals surface area (Å²) >= 11 is 0. The Bertz CT molecular complexity index is 339. The Labute approximate surface area is 95.4 Å². The van der Waals surface area contributed by atoms with Crippen LogP contribution in [-0.4, -0.2) is 12.3 Å². The van der Waals surface area contributed by atoms with E-state index in [0.717, 1.165) is 25.7 Å². The Hall–Kier alpha value is -1.51. The number of hydrogen-bond acceptors (Lipinski definition) is 3. The molecule has 3 heteroatoms. The molecule has 16 heavy (non-hydrogen) atoms. The molecule has 0 aromatic carbocycles. The lowest BCUT2D eigenvalue weighted by molar-refractivity contribution is 0.0365. The van der Waals surface area contributed by atoms with E-state index in [2.05, 4.69) is 6.08 Å². The fraction of sp³-hybridized carbons (Fsp3) is 0.462. The summed E-state index contributed by atoms with van der Waals surface area (Å²) in [5.41, 5.74) is 0. The van der Waals surface area contributed by atoms with Crippen molar-refractivity contribution in [2.24, 2.45) is 0 Å². The molecule has 0 N–H and O–H groups in total. The Balaban J connectivity index is 1.75. The second kappa shape index (κ2) is 5.54. The average Bonchev–Trinajstić information content (AvgIpc) is 2.31. The van der Waals surface area contributed by atoms with E-state index in [1.165, 1.54) is 0 Å². The van der Waals surface area contributed by atoms with Crippen molar-refractivity contribution < 1.29 is 14.3 Å². The number of carbonyl (C=O) groups is 1. The van der Waals surface area contributed by atoms with Gasteiger partial charge in [-0.1, -0.05) is 24.3 Å². The van der Waals surface area contributed by atoms with E-state index >= 15 is 0 Å². The summed E-state index contributed by atoms with van der Waals surface area (Å²) in [6, 6.07) is 0. The molecule has 0 fully saturated rings. The van der Waals surface area contributed by atoms with Gasteiger partial charge in [0.15, 0.2) is 0 Å². The van der Waals surface area contributed by atoms with Crippen LogP contribution in [0.2, 0.25) is 0 Å². The van der Waals surface area contributed by atoms with Crippen LogP contribution in [0.4, 0.5) is 4.79 Å². The lowest BCUT2D eigenvalue weighted by Gasteiger charge is -2.18. The molecule has 1 unspecified atom stereocenters. The van der Waals surface area contributed by atoms with Gasteiger partial charge in [0.25, 0.3) is 0 Å². The van der Waals surface area contributed by atoms with Crippen LogP contribution in [0.25, 0.3) is 0 Å². The molecule has 3 nitrogen and oxygen atoms in total. The summed E-state index contributed by atoms with van der Waals surface area (Å²) < 4.78 is 10.3. The van der Waals surface area contributed by atoms with Crippen molar-refractivity contribution in [2.45, 2.75) is 38.2 Å². The normalized spacial score (nSPS) is 23.8. The molecule has 0 heterocycles. The zero-order valence-corrected chi connectivity index (χ0v) is 9.22. The van der Waals surface area contributed by atoms with Crippen LogP contribution in [-0.2, 0) is 9.47 Å². The minimum absolute atomic E-state index is 0.0165. The van der Waals surface area contributed by atoms with Gasteiger partial charge in [-0.25, -0.2) is 4.79 Å². The maximum absolute atomic E-state index is 11.4. The van der Waals surface area contributed by atoms with Gasteiger partial charge in [0.2, 0.25) is 0 Å². The van der Waals surface area contributed by atoms with Crippen molar-refractivity contribution in [2.75, 3.05) is 0 Å². The number of hydrogen-bond donors (Lipinski definition) is 0. The molecular formula is C13H16O3. The summed E-state index contributed by atoms with van der Waals surface area (Å²) in [6.07, 6.45) is 13.7. The molecule has 2 rings (SSSR count). The summed E-state index contributed by atoms with van der Waals surface area (Å²) in [7, 11) is 0. The first-order valence-corrected chi connectivity index (χ1v) is 5.72. The van der Waals surface area contributed by atoms with Gasteiger partial charge in [-0.05, 0) is 25.3 Å². The average molecular weight is 220 g/mol. The standard InChI is InChI=1S/C13H16O3/c14-13(15-11-7-3-1-4-8-11)16-12-9-5-2-6-10-12/h1-3,5,8,12H,4,6-7,9-10H2. The molecule has 0 spiro atoms. The van der Waals surface area contributed by atoms with E-state index in [4.69, 9.17) is 9.47 Å². The minimum atomic E-state index is -0.568. The quantitative estimate of drug-likeness (QED) is 0.528. The SMILES string of the molecule is O=C(OC1=CCC=CC1)OC1CC=CCC1. The number of allylic oxidation sites excluding steroid dienone is 4. The first kappa shape index (κ1) is 11.0. The fourth-order valence-electron chi connectivity index (χ4n) is 1.80. The van der Waals surface area contributed by atoms with E-state index in [1.807, 2.05) is 24.3 Å². The summed E-state index contributed by atoms with van der Waals surface area (Å²) in [5, 5.41) is 0. The highest BCUT2D eigenvalue weighted by Crippen LogP contribution is 2.17. The van der Waals surface area contributed by atoms with Crippen molar-refractivity contribution >= 4 is 6.16 Å². The van der Waals surface area contributed by atoms with Crippen molar-refractivity contribution in [3.63, 3.8) is 0 Å². The molecule has 0 saturated carbocycles. The smallest absolute Gasteiger partial charge is 0.430 e. The molecule has 86 valence electrons. The van der Waals surface area contributed by atoms with Crippen molar-refractivity contribution in [1.29, 1.82) is 0 Å². The fourth-order valence-corrected chi connectivity index (χ4v) is 1.80. The van der Waals surface area contributed by atoms with Crippen LogP contribution in [0.15, 0.2) is 36.1 Å². The topological polar surface area (TPSA) is 35.5 Å². The Morgan fingerprint density at radius 2 is 2.19 bits per heavy atom. The molecule has 0 amide bonds. The van der Waals surface area contributed by atoms with Gasteiger partial charge in [-0.3, -0.25) is 0 Å². The van der Waals surface area contributed by atoms with Crippen LogP contribution < -0.4 is 0 Å². The summed E-state index contributed by atoms with van der Waals surface area (Å²) in [4.78, 5) is 11.4. The van der Waals surface area contributed by atoms with Gasteiger partial charge in [0.1, 0.15) is 11.9 Å². The molecule has 1 atom stereocenters. The minimum Gasteiger partial charge on any atom is -0.430 e. The zero-order valence-electron chi connectivity index (χ0n) is 9.22. The Morgan fingerprint density at radius 3 is 2.88 bits per heavy atom. The van der Waals surface area contributed by atoms with Crippen LogP contribution >= 0.6 is 0 Å². The zero-order chi connectivity index (χ0) is 11.2. The van der Waals surface area contributed by atoms with E-state index in [0.29, 0.717) is 12.2 Å². The molecule has 0 aromatic rings. The van der Waals surface area contributed by atoms with Crippen LogP contribution in [0.3, 0.4) is 0 Å².